The lowest BCUT2D eigenvalue weighted by Gasteiger charge is -2.43. The summed E-state index contributed by atoms with van der Waals surface area (Å²) in [6, 6.07) is 1.41. The van der Waals surface area contributed by atoms with Crippen LogP contribution >= 0.6 is 0 Å². The van der Waals surface area contributed by atoms with Gasteiger partial charge in [0.15, 0.2) is 0 Å². The average Bonchev–Trinajstić information content (AvgIpc) is 2.37. The monoisotopic (exact) mass is 270 g/mol. The predicted octanol–water partition coefficient (Wildman–Crippen LogP) is 2.90. The fourth-order valence-corrected chi connectivity index (χ4v) is 3.04. The number of likely N-dealkylation sites (tertiary alicyclic amines) is 1. The van der Waals surface area contributed by atoms with Crippen molar-refractivity contribution in [3.05, 3.63) is 0 Å². The summed E-state index contributed by atoms with van der Waals surface area (Å²) in [6.45, 7) is 15.7. The third kappa shape index (κ3) is 5.80. The van der Waals surface area contributed by atoms with Crippen LogP contribution in [0.25, 0.3) is 0 Å². The first-order valence-electron chi connectivity index (χ1n) is 8.15. The van der Waals surface area contributed by atoms with E-state index in [1.807, 2.05) is 0 Å². The number of unbranched alkanes of at least 4 members (excludes halogenated alkanes) is 1. The van der Waals surface area contributed by atoms with Crippen molar-refractivity contribution in [2.75, 3.05) is 26.2 Å². The Balaban J connectivity index is 2.21. The molecule has 3 unspecified atom stereocenters. The first-order chi connectivity index (χ1) is 9.06. The second-order valence-electron chi connectivity index (χ2n) is 6.22. The Morgan fingerprint density at radius 1 is 1.26 bits per heavy atom. The van der Waals surface area contributed by atoms with E-state index in [1.54, 1.807) is 0 Å². The highest BCUT2D eigenvalue weighted by atomic mass is 16.5. The lowest BCUT2D eigenvalue weighted by Crippen LogP contribution is -2.53. The number of nitrogens with zero attached hydrogens (tertiary/aromatic N) is 1. The molecule has 3 heteroatoms. The van der Waals surface area contributed by atoms with Crippen molar-refractivity contribution in [2.24, 2.45) is 5.92 Å². The van der Waals surface area contributed by atoms with Crippen LogP contribution in [0, 0.1) is 5.92 Å². The molecule has 1 aliphatic rings. The van der Waals surface area contributed by atoms with Crippen LogP contribution in [0.4, 0.5) is 0 Å². The van der Waals surface area contributed by atoms with Crippen molar-refractivity contribution in [1.29, 1.82) is 0 Å². The third-order valence-electron chi connectivity index (χ3n) is 4.46. The smallest absolute Gasteiger partial charge is 0.0518 e. The maximum Gasteiger partial charge on any atom is 0.0518 e. The molecule has 1 N–H and O–H groups in total. The molecule has 1 heterocycles. The average molecular weight is 270 g/mol. The van der Waals surface area contributed by atoms with Crippen molar-refractivity contribution in [3.8, 4) is 0 Å². The first kappa shape index (κ1) is 16.9. The molecule has 0 radical (unpaired) electrons. The van der Waals surface area contributed by atoms with Crippen molar-refractivity contribution in [2.45, 2.75) is 72.1 Å². The Morgan fingerprint density at radius 2 is 2.00 bits per heavy atom. The summed E-state index contributed by atoms with van der Waals surface area (Å²) in [5, 5.41) is 3.63. The minimum Gasteiger partial charge on any atom is -0.379 e. The number of rotatable bonds is 8. The zero-order valence-corrected chi connectivity index (χ0v) is 13.6. The molecule has 1 saturated heterocycles. The Kier molecular flexibility index (Phi) is 7.96. The highest BCUT2D eigenvalue weighted by Crippen LogP contribution is 2.23. The van der Waals surface area contributed by atoms with Crippen LogP contribution in [-0.4, -0.2) is 49.3 Å². The largest absolute Gasteiger partial charge is 0.379 e. The van der Waals surface area contributed by atoms with E-state index < -0.39 is 0 Å². The van der Waals surface area contributed by atoms with Gasteiger partial charge < -0.3 is 15.0 Å². The van der Waals surface area contributed by atoms with Crippen molar-refractivity contribution < 1.29 is 4.74 Å². The highest BCUT2D eigenvalue weighted by Gasteiger charge is 2.31. The molecule has 0 aromatic heterocycles. The molecule has 0 aromatic rings. The Hall–Kier alpha value is -0.120. The molecule has 0 bridgehead atoms. The van der Waals surface area contributed by atoms with E-state index in [1.165, 1.54) is 32.4 Å². The molecule has 0 spiro atoms. The minimum atomic E-state index is 0.370. The lowest BCUT2D eigenvalue weighted by atomic mass is 9.87. The molecule has 19 heavy (non-hydrogen) atoms. The topological polar surface area (TPSA) is 24.5 Å². The third-order valence-corrected chi connectivity index (χ3v) is 4.46. The molecule has 0 saturated carbocycles. The Morgan fingerprint density at radius 3 is 2.63 bits per heavy atom. The molecule has 1 rings (SSSR count). The van der Waals surface area contributed by atoms with Crippen LogP contribution in [0.5, 0.6) is 0 Å². The van der Waals surface area contributed by atoms with E-state index in [0.29, 0.717) is 18.2 Å². The zero-order valence-electron chi connectivity index (χ0n) is 13.6. The van der Waals surface area contributed by atoms with Crippen molar-refractivity contribution >= 4 is 0 Å². The lowest BCUT2D eigenvalue weighted by molar-refractivity contribution is 0.0624. The van der Waals surface area contributed by atoms with Gasteiger partial charge in [-0.3, -0.25) is 0 Å². The van der Waals surface area contributed by atoms with Gasteiger partial charge in [0.25, 0.3) is 0 Å². The molecule has 3 nitrogen and oxygen atoms in total. The standard InChI is InChI=1S/C16H34N2O/c1-6-17-16-9-11-18(15(5)14(16)4)10-7-8-12-19-13(2)3/h13-17H,6-12H2,1-5H3. The fourth-order valence-electron chi connectivity index (χ4n) is 3.04. The van der Waals surface area contributed by atoms with Crippen LogP contribution in [0.2, 0.25) is 0 Å². The molecular weight excluding hydrogens is 236 g/mol. The molecule has 0 aliphatic carbocycles. The van der Waals surface area contributed by atoms with Crippen LogP contribution in [0.15, 0.2) is 0 Å². The van der Waals surface area contributed by atoms with Gasteiger partial charge in [-0.25, -0.2) is 0 Å². The van der Waals surface area contributed by atoms with Crippen molar-refractivity contribution in [3.63, 3.8) is 0 Å². The summed E-state index contributed by atoms with van der Waals surface area (Å²) in [4.78, 5) is 2.66. The van der Waals surface area contributed by atoms with Gasteiger partial charge in [-0.05, 0) is 65.6 Å². The molecule has 3 atom stereocenters. The first-order valence-corrected chi connectivity index (χ1v) is 8.15. The summed E-state index contributed by atoms with van der Waals surface area (Å²) in [5.41, 5.74) is 0. The van der Waals surface area contributed by atoms with E-state index in [9.17, 15) is 0 Å². The normalized spacial score (nSPS) is 29.1. The van der Waals surface area contributed by atoms with E-state index in [0.717, 1.165) is 19.1 Å². The summed E-state index contributed by atoms with van der Waals surface area (Å²) >= 11 is 0. The minimum absolute atomic E-state index is 0.370. The van der Waals surface area contributed by atoms with Gasteiger partial charge in [-0.2, -0.15) is 0 Å². The summed E-state index contributed by atoms with van der Waals surface area (Å²) in [7, 11) is 0. The molecule has 114 valence electrons. The molecule has 1 fully saturated rings. The SMILES string of the molecule is CCNC1CCN(CCCCOC(C)C)C(C)C1C. The van der Waals surface area contributed by atoms with Gasteiger partial charge >= 0.3 is 0 Å². The van der Waals surface area contributed by atoms with Crippen LogP contribution in [0.3, 0.4) is 0 Å². The number of ether oxygens (including phenoxy) is 1. The van der Waals surface area contributed by atoms with Gasteiger partial charge in [0.1, 0.15) is 0 Å². The van der Waals surface area contributed by atoms with Crippen LogP contribution < -0.4 is 5.32 Å². The van der Waals surface area contributed by atoms with E-state index >= 15 is 0 Å². The molecular formula is C16H34N2O. The second-order valence-corrected chi connectivity index (χ2v) is 6.22. The molecule has 0 amide bonds. The Bertz CT molecular complexity index is 233. The zero-order chi connectivity index (χ0) is 14.3. The second kappa shape index (κ2) is 8.93. The van der Waals surface area contributed by atoms with Gasteiger partial charge in [0.05, 0.1) is 6.10 Å². The van der Waals surface area contributed by atoms with Gasteiger partial charge in [0.2, 0.25) is 0 Å². The quantitative estimate of drug-likeness (QED) is 0.686. The number of nitrogens with one attached hydrogen (secondary N) is 1. The summed E-state index contributed by atoms with van der Waals surface area (Å²) in [6.07, 6.45) is 4.11. The van der Waals surface area contributed by atoms with E-state index in [-0.39, 0.29) is 0 Å². The number of piperidine rings is 1. The van der Waals surface area contributed by atoms with E-state index in [4.69, 9.17) is 4.74 Å². The Labute approximate surface area is 120 Å². The van der Waals surface area contributed by atoms with Crippen LogP contribution in [0.1, 0.15) is 53.9 Å². The maximum atomic E-state index is 5.60. The summed E-state index contributed by atoms with van der Waals surface area (Å²) < 4.78 is 5.60. The maximum absolute atomic E-state index is 5.60. The van der Waals surface area contributed by atoms with Gasteiger partial charge in [-0.15, -0.1) is 0 Å². The van der Waals surface area contributed by atoms with E-state index in [2.05, 4.69) is 44.8 Å². The fraction of sp³-hybridized carbons (Fsp3) is 1.00. The number of hydrogen-bond donors (Lipinski definition) is 1. The van der Waals surface area contributed by atoms with Crippen molar-refractivity contribution in [1.82, 2.24) is 10.2 Å². The van der Waals surface area contributed by atoms with Crippen LogP contribution in [-0.2, 0) is 4.74 Å². The van der Waals surface area contributed by atoms with Gasteiger partial charge in [0, 0.05) is 18.7 Å². The summed E-state index contributed by atoms with van der Waals surface area (Å²) in [5.74, 6) is 0.751. The highest BCUT2D eigenvalue weighted by molar-refractivity contribution is 4.88. The molecule has 1 aliphatic heterocycles. The molecule has 0 aromatic carbocycles. The number of hydrogen-bond acceptors (Lipinski definition) is 3. The predicted molar refractivity (Wildman–Crippen MR) is 82.6 cm³/mol. The van der Waals surface area contributed by atoms with Gasteiger partial charge in [-0.1, -0.05) is 13.8 Å².